The molecule has 1 saturated heterocycles. The molecule has 0 N–H and O–H groups in total. The molecule has 4 aromatic carbocycles. The Kier molecular flexibility index (Phi) is 3.00. The van der Waals surface area contributed by atoms with Gasteiger partial charge in [-0.3, -0.25) is 0 Å². The van der Waals surface area contributed by atoms with Crippen LogP contribution in [0.5, 0.6) is 0 Å². The molecule has 0 spiro atoms. The molecule has 0 atom stereocenters. The van der Waals surface area contributed by atoms with E-state index in [-0.39, 0.29) is 0 Å². The number of fused-ring (bicyclic) bond motifs is 1. The third-order valence-corrected chi connectivity index (χ3v) is 8.05. The normalized spacial score (nSPS) is 18.5. The first kappa shape index (κ1) is 18.2. The van der Waals surface area contributed by atoms with Crippen LogP contribution in [0.4, 0.5) is 0 Å². The molecule has 33 heavy (non-hydrogen) atoms. The molecule has 0 unspecified atom stereocenters. The fourth-order valence-electron chi connectivity index (χ4n) is 5.76. The second-order valence-electron chi connectivity index (χ2n) is 10.3. The van der Waals surface area contributed by atoms with Crippen molar-refractivity contribution in [1.82, 2.24) is 0 Å². The molecule has 2 aromatic heterocycles. The van der Waals surface area contributed by atoms with Crippen molar-refractivity contribution in [2.45, 2.75) is 38.9 Å². The van der Waals surface area contributed by atoms with Gasteiger partial charge < -0.3 is 18.1 Å². The van der Waals surface area contributed by atoms with Crippen LogP contribution in [0.2, 0.25) is 0 Å². The first-order chi connectivity index (χ1) is 15.8. The average Bonchev–Trinajstić information content (AvgIpc) is 3.37. The minimum atomic E-state index is -0.481. The lowest BCUT2D eigenvalue weighted by Gasteiger charge is -2.32. The highest BCUT2D eigenvalue weighted by Gasteiger charge is 2.52. The Hall–Kier alpha value is -3.28. The zero-order valence-electron chi connectivity index (χ0n) is 18.9. The lowest BCUT2D eigenvalue weighted by molar-refractivity contribution is 0.00578. The van der Waals surface area contributed by atoms with Gasteiger partial charge in [0.1, 0.15) is 22.3 Å². The van der Waals surface area contributed by atoms with Crippen molar-refractivity contribution in [2.75, 3.05) is 0 Å². The van der Waals surface area contributed by atoms with E-state index >= 15 is 0 Å². The van der Waals surface area contributed by atoms with E-state index in [1.165, 1.54) is 11.1 Å². The minimum Gasteiger partial charge on any atom is -0.456 e. The second-order valence-corrected chi connectivity index (χ2v) is 10.3. The van der Waals surface area contributed by atoms with E-state index in [1.807, 2.05) is 0 Å². The quantitative estimate of drug-likeness (QED) is 0.264. The summed E-state index contributed by atoms with van der Waals surface area (Å²) in [5.74, 6) is 0. The van der Waals surface area contributed by atoms with Gasteiger partial charge >= 0.3 is 7.12 Å². The highest BCUT2D eigenvalue weighted by Crippen LogP contribution is 2.50. The Balaban J connectivity index is 1.62. The molecule has 0 amide bonds. The molecule has 3 heterocycles. The van der Waals surface area contributed by atoms with Gasteiger partial charge in [-0.15, -0.1) is 0 Å². The van der Waals surface area contributed by atoms with E-state index in [0.717, 1.165) is 60.1 Å². The van der Waals surface area contributed by atoms with Crippen molar-refractivity contribution < 1.29 is 18.1 Å². The van der Waals surface area contributed by atoms with Crippen molar-refractivity contribution in [1.29, 1.82) is 0 Å². The number of furan rings is 2. The maximum Gasteiger partial charge on any atom is 0.495 e. The molecular formula is C28H21BO4. The maximum atomic E-state index is 6.49. The Morgan fingerprint density at radius 1 is 0.576 bits per heavy atom. The maximum absolute atomic E-state index is 6.49. The molecule has 1 aliphatic heterocycles. The Morgan fingerprint density at radius 2 is 1.12 bits per heavy atom. The van der Waals surface area contributed by atoms with E-state index in [9.17, 15) is 0 Å². The van der Waals surface area contributed by atoms with Crippen LogP contribution in [0.15, 0.2) is 63.4 Å². The molecule has 0 saturated carbocycles. The highest BCUT2D eigenvalue weighted by atomic mass is 16.7. The van der Waals surface area contributed by atoms with E-state index in [1.54, 1.807) is 0 Å². The first-order valence-electron chi connectivity index (χ1n) is 11.5. The van der Waals surface area contributed by atoms with E-state index in [4.69, 9.17) is 18.1 Å². The highest BCUT2D eigenvalue weighted by molar-refractivity contribution is 6.66. The fraction of sp³-hybridized carbons (Fsp3) is 0.214. The summed E-state index contributed by atoms with van der Waals surface area (Å²) in [5, 5.41) is 6.87. The summed E-state index contributed by atoms with van der Waals surface area (Å²) >= 11 is 0. The standard InChI is InChI=1S/C28H21BO4/c1-27(2)28(3,4)33-29(32-27)17-13-21-26-23-15(8-6-10-19(23)31-21)14-7-5-9-18-22(14)25-20(30-18)12-11-16(17)24(25)26/h5-13H,1-4H3. The molecule has 8 rings (SSSR count). The molecule has 5 heteroatoms. The van der Waals surface area contributed by atoms with Crippen LogP contribution in [-0.4, -0.2) is 18.3 Å². The van der Waals surface area contributed by atoms with Crippen LogP contribution in [0.25, 0.3) is 65.8 Å². The summed E-state index contributed by atoms with van der Waals surface area (Å²) in [4.78, 5) is 0. The topological polar surface area (TPSA) is 44.7 Å². The van der Waals surface area contributed by atoms with Crippen LogP contribution >= 0.6 is 0 Å². The molecule has 6 aromatic rings. The molecule has 160 valence electrons. The molecule has 0 radical (unpaired) electrons. The van der Waals surface area contributed by atoms with Gasteiger partial charge in [0.15, 0.2) is 0 Å². The summed E-state index contributed by atoms with van der Waals surface area (Å²) in [7, 11) is -0.481. The summed E-state index contributed by atoms with van der Waals surface area (Å²) in [5.41, 5.74) is 6.05. The van der Waals surface area contributed by atoms with Gasteiger partial charge in [0, 0.05) is 26.9 Å². The van der Waals surface area contributed by atoms with Gasteiger partial charge in [0.2, 0.25) is 0 Å². The molecule has 0 bridgehead atoms. The average molecular weight is 432 g/mol. The Bertz CT molecular complexity index is 1790. The number of benzene rings is 4. The lowest BCUT2D eigenvalue weighted by Crippen LogP contribution is -2.41. The molecule has 1 aliphatic carbocycles. The first-order valence-corrected chi connectivity index (χ1v) is 11.5. The smallest absolute Gasteiger partial charge is 0.456 e. The third-order valence-electron chi connectivity index (χ3n) is 8.05. The van der Waals surface area contributed by atoms with Gasteiger partial charge in [-0.2, -0.15) is 0 Å². The number of hydrogen-bond acceptors (Lipinski definition) is 4. The van der Waals surface area contributed by atoms with Crippen LogP contribution in [0.3, 0.4) is 0 Å². The lowest BCUT2D eigenvalue weighted by atomic mass is 9.75. The van der Waals surface area contributed by atoms with Crippen LogP contribution < -0.4 is 5.46 Å². The van der Waals surface area contributed by atoms with Crippen LogP contribution in [0.1, 0.15) is 27.7 Å². The van der Waals surface area contributed by atoms with Gasteiger partial charge in [-0.25, -0.2) is 0 Å². The van der Waals surface area contributed by atoms with Crippen molar-refractivity contribution in [3.8, 4) is 11.1 Å². The van der Waals surface area contributed by atoms with Gasteiger partial charge in [-0.1, -0.05) is 30.3 Å². The predicted molar refractivity (Wildman–Crippen MR) is 133 cm³/mol. The zero-order chi connectivity index (χ0) is 22.3. The Morgan fingerprint density at radius 3 is 1.76 bits per heavy atom. The number of hydrogen-bond donors (Lipinski definition) is 0. The number of rotatable bonds is 1. The van der Waals surface area contributed by atoms with Crippen molar-refractivity contribution >= 4 is 67.2 Å². The largest absolute Gasteiger partial charge is 0.495 e. The fourth-order valence-corrected chi connectivity index (χ4v) is 5.76. The molecular weight excluding hydrogens is 411 g/mol. The van der Waals surface area contributed by atoms with E-state index in [0.29, 0.717) is 0 Å². The van der Waals surface area contributed by atoms with E-state index in [2.05, 4.69) is 82.3 Å². The van der Waals surface area contributed by atoms with Gasteiger partial charge in [-0.05, 0) is 73.9 Å². The van der Waals surface area contributed by atoms with Crippen molar-refractivity contribution in [3.05, 3.63) is 54.6 Å². The van der Waals surface area contributed by atoms with Crippen molar-refractivity contribution in [2.24, 2.45) is 0 Å². The summed E-state index contributed by atoms with van der Waals surface area (Å²) in [6.45, 7) is 8.35. The molecule has 2 aliphatic rings. The van der Waals surface area contributed by atoms with E-state index < -0.39 is 18.3 Å². The van der Waals surface area contributed by atoms with Gasteiger partial charge in [0.05, 0.1) is 11.2 Å². The summed E-state index contributed by atoms with van der Waals surface area (Å²) in [6.07, 6.45) is 0. The van der Waals surface area contributed by atoms with Crippen molar-refractivity contribution in [3.63, 3.8) is 0 Å². The second kappa shape index (κ2) is 5.44. The Labute approximate surface area is 190 Å². The third kappa shape index (κ3) is 2.02. The van der Waals surface area contributed by atoms with Gasteiger partial charge in [0.25, 0.3) is 0 Å². The predicted octanol–water partition coefficient (Wildman–Crippen LogP) is 6.92. The molecule has 4 nitrogen and oxygen atoms in total. The van der Waals surface area contributed by atoms with Crippen LogP contribution in [0, 0.1) is 0 Å². The summed E-state index contributed by atoms with van der Waals surface area (Å²) in [6, 6.07) is 19.0. The SMILES string of the molecule is CC1(C)OB(c2cc3oc4cccc5c4c3c3c2ccc2oc4cccc-5c4c23)OC1(C)C. The zero-order valence-corrected chi connectivity index (χ0v) is 18.9. The molecule has 1 fully saturated rings. The summed E-state index contributed by atoms with van der Waals surface area (Å²) < 4.78 is 25.8. The minimum absolute atomic E-state index is 0.423. The van der Waals surface area contributed by atoms with Crippen LogP contribution in [-0.2, 0) is 9.31 Å². The monoisotopic (exact) mass is 432 g/mol.